The number of halogens is 1. The van der Waals surface area contributed by atoms with Crippen LogP contribution in [0.5, 0.6) is 0 Å². The predicted octanol–water partition coefficient (Wildman–Crippen LogP) is 3.99. The Morgan fingerprint density at radius 2 is 2.09 bits per heavy atom. The van der Waals surface area contributed by atoms with Gasteiger partial charge < -0.3 is 10.6 Å². The third-order valence-corrected chi connectivity index (χ3v) is 6.24. The van der Waals surface area contributed by atoms with E-state index < -0.39 is 5.82 Å². The van der Waals surface area contributed by atoms with Crippen molar-refractivity contribution in [1.29, 1.82) is 0 Å². The number of rotatable bonds is 3. The lowest BCUT2D eigenvalue weighted by Gasteiger charge is -2.30. The molecule has 0 bridgehead atoms. The summed E-state index contributed by atoms with van der Waals surface area (Å²) in [6.07, 6.45) is 3.65. The Labute approximate surface area is 196 Å². The normalized spacial score (nSPS) is 16.1. The van der Waals surface area contributed by atoms with Crippen molar-refractivity contribution in [1.82, 2.24) is 24.2 Å². The lowest BCUT2D eigenvalue weighted by atomic mass is 10.1. The molecule has 2 aromatic carbocycles. The molecular formula is C25H24FN7O. The van der Waals surface area contributed by atoms with Crippen molar-refractivity contribution in [2.45, 2.75) is 25.8 Å². The van der Waals surface area contributed by atoms with E-state index >= 15 is 0 Å². The first-order valence-electron chi connectivity index (χ1n) is 11.1. The Hall–Kier alpha value is -4.03. The number of nitrogens with zero attached hydrogens (tertiary/aromatic N) is 6. The van der Waals surface area contributed by atoms with Gasteiger partial charge >= 0.3 is 0 Å². The Kier molecular flexibility index (Phi) is 5.38. The fraction of sp³-hybridized carbons (Fsp3) is 0.280. The van der Waals surface area contributed by atoms with Crippen LogP contribution in [0.3, 0.4) is 0 Å². The first kappa shape index (κ1) is 21.8. The van der Waals surface area contributed by atoms with E-state index in [0.29, 0.717) is 35.9 Å². The molecule has 2 N–H and O–H groups in total. The Bertz CT molecular complexity index is 1460. The summed E-state index contributed by atoms with van der Waals surface area (Å²) in [6, 6.07) is 10.1. The third-order valence-electron chi connectivity index (χ3n) is 6.24. The minimum Gasteiger partial charge on any atom is -0.336 e. The zero-order valence-corrected chi connectivity index (χ0v) is 19.0. The molecule has 0 spiro atoms. The highest BCUT2D eigenvalue weighted by molar-refractivity contribution is 5.95. The monoisotopic (exact) mass is 457 g/mol. The highest BCUT2D eigenvalue weighted by atomic mass is 19.1. The number of nitrogens with two attached hydrogens (primary N) is 1. The second-order valence-corrected chi connectivity index (χ2v) is 8.68. The van der Waals surface area contributed by atoms with E-state index in [2.05, 4.69) is 9.94 Å². The largest absolute Gasteiger partial charge is 0.336 e. The molecule has 9 heteroatoms. The molecule has 1 fully saturated rings. The first-order valence-corrected chi connectivity index (χ1v) is 11.1. The lowest BCUT2D eigenvalue weighted by Crippen LogP contribution is -2.46. The molecule has 1 amide bonds. The number of imidazole rings is 1. The second-order valence-electron chi connectivity index (χ2n) is 8.68. The molecule has 1 atom stereocenters. The minimum absolute atomic E-state index is 0.0530. The molecule has 172 valence electrons. The predicted molar refractivity (Wildman–Crippen MR) is 127 cm³/mol. The second kappa shape index (κ2) is 8.39. The van der Waals surface area contributed by atoms with Gasteiger partial charge in [-0.3, -0.25) is 14.0 Å². The number of amides is 1. The van der Waals surface area contributed by atoms with Crippen molar-refractivity contribution in [2.24, 2.45) is 12.8 Å². The third kappa shape index (κ3) is 3.72. The van der Waals surface area contributed by atoms with E-state index in [-0.39, 0.29) is 17.6 Å². The quantitative estimate of drug-likeness (QED) is 0.472. The molecule has 1 aliphatic heterocycles. The van der Waals surface area contributed by atoms with Crippen LogP contribution in [0.4, 0.5) is 10.1 Å². The summed E-state index contributed by atoms with van der Waals surface area (Å²) in [4.78, 5) is 23.1. The van der Waals surface area contributed by atoms with Crippen molar-refractivity contribution in [3.8, 4) is 17.1 Å². The maximum Gasteiger partial charge on any atom is 0.274 e. The number of carbonyl (C=O) groups excluding carboxylic acids is 1. The van der Waals surface area contributed by atoms with Gasteiger partial charge in [0, 0.05) is 49.0 Å². The van der Waals surface area contributed by atoms with Crippen molar-refractivity contribution in [3.05, 3.63) is 71.2 Å². The highest BCUT2D eigenvalue weighted by Gasteiger charge is 2.28. The number of fused-ring (bicyclic) bond motifs is 1. The number of hydrogen-bond donors (Lipinski definition) is 1. The molecule has 4 aromatic rings. The number of aryl methyl sites for hydroxylation is 1. The van der Waals surface area contributed by atoms with Crippen LogP contribution in [0.15, 0.2) is 42.6 Å². The molecular weight excluding hydrogens is 433 g/mol. The standard InChI is InChI=1S/C25H24FN7O/c1-15-23(25(34)32-10-4-5-18(27)14-32)29-24(16-6-8-22(28-2)20(26)12-16)33(15)19-7-9-21-17(11-19)13-31(3)30-21/h6-9,11-13,18H,4-5,10,14,27H2,1,3H3/t18-/m1/s1. The summed E-state index contributed by atoms with van der Waals surface area (Å²) < 4.78 is 18.1. The summed E-state index contributed by atoms with van der Waals surface area (Å²) >= 11 is 0. The van der Waals surface area contributed by atoms with Gasteiger partial charge in [-0.2, -0.15) is 5.10 Å². The van der Waals surface area contributed by atoms with Crippen molar-refractivity contribution < 1.29 is 9.18 Å². The van der Waals surface area contributed by atoms with E-state index in [9.17, 15) is 9.18 Å². The van der Waals surface area contributed by atoms with Crippen LogP contribution in [-0.2, 0) is 7.05 Å². The smallest absolute Gasteiger partial charge is 0.274 e. The molecule has 0 aliphatic carbocycles. The van der Waals surface area contributed by atoms with Crippen LogP contribution in [-0.4, -0.2) is 49.3 Å². The molecule has 5 rings (SSSR count). The molecule has 0 saturated carbocycles. The van der Waals surface area contributed by atoms with Crippen molar-refractivity contribution in [2.75, 3.05) is 13.1 Å². The van der Waals surface area contributed by atoms with Crippen molar-refractivity contribution >= 4 is 22.5 Å². The molecule has 8 nitrogen and oxygen atoms in total. The number of likely N-dealkylation sites (tertiary alicyclic amines) is 1. The van der Waals surface area contributed by atoms with Crippen molar-refractivity contribution in [3.63, 3.8) is 0 Å². The lowest BCUT2D eigenvalue weighted by molar-refractivity contribution is 0.0702. The van der Waals surface area contributed by atoms with E-state index in [1.165, 1.54) is 12.1 Å². The zero-order chi connectivity index (χ0) is 24.0. The average molecular weight is 458 g/mol. The van der Waals surface area contributed by atoms with Gasteiger partial charge in [0.1, 0.15) is 17.3 Å². The highest BCUT2D eigenvalue weighted by Crippen LogP contribution is 2.31. The van der Waals surface area contributed by atoms with Gasteiger partial charge in [-0.25, -0.2) is 14.2 Å². The van der Waals surface area contributed by atoms with Crippen LogP contribution in [0, 0.1) is 19.3 Å². The Balaban J connectivity index is 1.68. The van der Waals surface area contributed by atoms with Crippen LogP contribution >= 0.6 is 0 Å². The fourth-order valence-electron chi connectivity index (χ4n) is 4.57. The number of benzene rings is 2. The number of hydrogen-bond acceptors (Lipinski definition) is 4. The maximum atomic E-state index is 14.5. The van der Waals surface area contributed by atoms with Gasteiger partial charge in [0.15, 0.2) is 0 Å². The SMILES string of the molecule is [C-]#[N+]c1ccc(-c2nc(C(=O)N3CCC[C@@H](N)C3)c(C)n2-c2ccc3nn(C)cc3c2)cc1F. The van der Waals surface area contributed by atoms with E-state index in [4.69, 9.17) is 17.3 Å². The Morgan fingerprint density at radius 3 is 2.82 bits per heavy atom. The van der Waals surface area contributed by atoms with Gasteiger partial charge in [0.2, 0.25) is 5.69 Å². The molecule has 1 aliphatic rings. The van der Waals surface area contributed by atoms with E-state index in [0.717, 1.165) is 29.4 Å². The molecule has 34 heavy (non-hydrogen) atoms. The van der Waals surface area contributed by atoms with Crippen LogP contribution in [0.2, 0.25) is 0 Å². The molecule has 0 unspecified atom stereocenters. The summed E-state index contributed by atoms with van der Waals surface area (Å²) in [7, 11) is 1.86. The van der Waals surface area contributed by atoms with Gasteiger partial charge in [-0.05, 0) is 44.0 Å². The zero-order valence-electron chi connectivity index (χ0n) is 19.0. The number of carbonyl (C=O) groups is 1. The summed E-state index contributed by atoms with van der Waals surface area (Å²) in [5.74, 6) is -0.383. The van der Waals surface area contributed by atoms with Gasteiger partial charge in [0.25, 0.3) is 5.91 Å². The van der Waals surface area contributed by atoms with Gasteiger partial charge in [0.05, 0.1) is 17.8 Å². The summed E-state index contributed by atoms with van der Waals surface area (Å²) in [6.45, 7) is 10.1. The van der Waals surface area contributed by atoms with E-state index in [1.807, 2.05) is 42.9 Å². The van der Waals surface area contributed by atoms with Gasteiger partial charge in [-0.1, -0.05) is 12.1 Å². The topological polar surface area (TPSA) is 86.3 Å². The minimum atomic E-state index is -0.628. The average Bonchev–Trinajstić information content (AvgIpc) is 3.36. The molecule has 0 radical (unpaired) electrons. The maximum absolute atomic E-state index is 14.5. The van der Waals surface area contributed by atoms with Crippen LogP contribution < -0.4 is 5.73 Å². The number of piperidine rings is 1. The fourth-order valence-corrected chi connectivity index (χ4v) is 4.57. The molecule has 1 saturated heterocycles. The van der Waals surface area contributed by atoms with Gasteiger partial charge in [-0.15, -0.1) is 0 Å². The van der Waals surface area contributed by atoms with Crippen LogP contribution in [0.1, 0.15) is 29.0 Å². The number of aromatic nitrogens is 4. The summed E-state index contributed by atoms with van der Waals surface area (Å²) in [5, 5.41) is 5.36. The van der Waals surface area contributed by atoms with E-state index in [1.54, 1.807) is 15.6 Å². The molecule has 3 heterocycles. The van der Waals surface area contributed by atoms with Crippen LogP contribution in [0.25, 0.3) is 32.8 Å². The Morgan fingerprint density at radius 1 is 1.26 bits per heavy atom. The first-order chi connectivity index (χ1) is 16.4. The molecule has 2 aromatic heterocycles. The summed E-state index contributed by atoms with van der Waals surface area (Å²) in [5.41, 5.74) is 9.11.